The first-order chi connectivity index (χ1) is 9.00. The van der Waals surface area contributed by atoms with Gasteiger partial charge in [-0.2, -0.15) is 9.40 Å². The van der Waals surface area contributed by atoms with Crippen LogP contribution < -0.4 is 0 Å². The van der Waals surface area contributed by atoms with Crippen LogP contribution in [-0.4, -0.2) is 48.5 Å². The molecule has 0 amide bonds. The molecule has 0 aliphatic carbocycles. The summed E-state index contributed by atoms with van der Waals surface area (Å²) in [4.78, 5) is 0. The molecule has 6 nitrogen and oxygen atoms in total. The molecule has 0 aromatic carbocycles. The lowest BCUT2D eigenvalue weighted by molar-refractivity contribution is 0.107. The number of hydrogen-bond acceptors (Lipinski definition) is 4. The third-order valence-electron chi connectivity index (χ3n) is 3.09. The maximum absolute atomic E-state index is 11.8. The Balaban J connectivity index is 2.15. The molecule has 0 N–H and O–H groups in total. The van der Waals surface area contributed by atoms with Gasteiger partial charge in [0.25, 0.3) is 0 Å². The molecular formula is C12H19N3O3S. The van der Waals surface area contributed by atoms with E-state index in [1.165, 1.54) is 10.6 Å². The minimum absolute atomic E-state index is 0.0934. The van der Waals surface area contributed by atoms with Crippen molar-refractivity contribution in [2.24, 2.45) is 5.92 Å². The van der Waals surface area contributed by atoms with E-state index in [-0.39, 0.29) is 5.92 Å². The summed E-state index contributed by atoms with van der Waals surface area (Å²) in [7, 11) is -3.22. The molecule has 2 rings (SSSR count). The number of aromatic nitrogens is 2. The maximum Gasteiger partial charge on any atom is 0.211 e. The predicted octanol–water partition coefficient (Wildman–Crippen LogP) is 0.477. The molecule has 1 atom stereocenters. The average Bonchev–Trinajstić information content (AvgIpc) is 2.67. The van der Waals surface area contributed by atoms with Crippen molar-refractivity contribution < 1.29 is 13.2 Å². The normalized spacial score (nSPS) is 20.8. The van der Waals surface area contributed by atoms with Gasteiger partial charge < -0.3 is 4.74 Å². The Morgan fingerprint density at radius 2 is 2.37 bits per heavy atom. The Kier molecular flexibility index (Phi) is 4.38. The molecular weight excluding hydrogens is 266 g/mol. The molecule has 0 radical (unpaired) electrons. The Hall–Kier alpha value is -1.18. The summed E-state index contributed by atoms with van der Waals surface area (Å²) in [5.41, 5.74) is 0.914. The van der Waals surface area contributed by atoms with Crippen LogP contribution in [0.5, 0.6) is 0 Å². The van der Waals surface area contributed by atoms with E-state index in [9.17, 15) is 8.42 Å². The van der Waals surface area contributed by atoms with Gasteiger partial charge in [-0.15, -0.1) is 6.58 Å². The molecule has 7 heteroatoms. The molecule has 1 aliphatic rings. The van der Waals surface area contributed by atoms with Gasteiger partial charge in [0.1, 0.15) is 0 Å². The van der Waals surface area contributed by atoms with Gasteiger partial charge in [-0.25, -0.2) is 8.42 Å². The van der Waals surface area contributed by atoms with Gasteiger partial charge in [0.2, 0.25) is 10.0 Å². The van der Waals surface area contributed by atoms with E-state index in [4.69, 9.17) is 4.74 Å². The zero-order valence-corrected chi connectivity index (χ0v) is 11.8. The minimum Gasteiger partial charge on any atom is -0.377 e. The second kappa shape index (κ2) is 5.85. The molecule has 1 aliphatic heterocycles. The molecule has 1 aromatic rings. The first-order valence-electron chi connectivity index (χ1n) is 6.15. The monoisotopic (exact) mass is 285 g/mol. The molecule has 0 fully saturated rings. The molecule has 1 unspecified atom stereocenters. The van der Waals surface area contributed by atoms with Gasteiger partial charge in [-0.05, 0) is 6.07 Å². The van der Waals surface area contributed by atoms with Crippen LogP contribution in [0.3, 0.4) is 0 Å². The first kappa shape index (κ1) is 14.2. The summed E-state index contributed by atoms with van der Waals surface area (Å²) in [5.74, 6) is 0.0934. The lowest BCUT2D eigenvalue weighted by atomic mass is 10.1. The third kappa shape index (κ3) is 3.65. The Bertz CT molecular complexity index is 538. The highest BCUT2D eigenvalue weighted by Crippen LogP contribution is 2.18. The van der Waals surface area contributed by atoms with Crippen molar-refractivity contribution in [2.45, 2.75) is 13.1 Å². The summed E-state index contributed by atoms with van der Waals surface area (Å²) in [6.07, 6.45) is 4.62. The van der Waals surface area contributed by atoms with Gasteiger partial charge in [0, 0.05) is 25.2 Å². The highest BCUT2D eigenvalue weighted by molar-refractivity contribution is 7.88. The average molecular weight is 285 g/mol. The summed E-state index contributed by atoms with van der Waals surface area (Å²) < 4.78 is 32.4. The van der Waals surface area contributed by atoms with Gasteiger partial charge in [-0.3, -0.25) is 4.68 Å². The number of rotatable bonds is 5. The van der Waals surface area contributed by atoms with E-state index < -0.39 is 10.0 Å². The number of ether oxygens (including phenoxy) is 1. The van der Waals surface area contributed by atoms with Crippen molar-refractivity contribution in [1.82, 2.24) is 14.1 Å². The van der Waals surface area contributed by atoms with E-state index in [1.54, 1.807) is 12.3 Å². The van der Waals surface area contributed by atoms with Crippen LogP contribution in [0, 0.1) is 5.92 Å². The summed E-state index contributed by atoms with van der Waals surface area (Å²) in [6, 6.07) is 1.85. The van der Waals surface area contributed by atoms with Crippen molar-refractivity contribution >= 4 is 10.0 Å². The topological polar surface area (TPSA) is 64.4 Å². The Morgan fingerprint density at radius 3 is 3.05 bits per heavy atom. The molecule has 0 saturated heterocycles. The van der Waals surface area contributed by atoms with Crippen LogP contribution in [0.25, 0.3) is 0 Å². The molecule has 0 spiro atoms. The molecule has 106 valence electrons. The van der Waals surface area contributed by atoms with E-state index in [2.05, 4.69) is 11.7 Å². The quantitative estimate of drug-likeness (QED) is 0.583. The summed E-state index contributed by atoms with van der Waals surface area (Å²) in [6.45, 7) is 6.07. The van der Waals surface area contributed by atoms with Crippen molar-refractivity contribution in [2.75, 3.05) is 26.0 Å². The van der Waals surface area contributed by atoms with Gasteiger partial charge in [0.15, 0.2) is 0 Å². The molecule has 2 heterocycles. The number of hydrogen-bond donors (Lipinski definition) is 0. The lowest BCUT2D eigenvalue weighted by Crippen LogP contribution is -2.34. The van der Waals surface area contributed by atoms with E-state index in [0.717, 1.165) is 5.69 Å². The molecule has 0 saturated carbocycles. The van der Waals surface area contributed by atoms with Crippen LogP contribution >= 0.6 is 0 Å². The minimum atomic E-state index is -3.22. The fraction of sp³-hybridized carbons (Fsp3) is 0.583. The molecule has 19 heavy (non-hydrogen) atoms. The smallest absolute Gasteiger partial charge is 0.211 e. The largest absolute Gasteiger partial charge is 0.377 e. The summed E-state index contributed by atoms with van der Waals surface area (Å²) >= 11 is 0. The fourth-order valence-corrected chi connectivity index (χ4v) is 3.02. The number of nitrogens with zero attached hydrogens (tertiary/aromatic N) is 3. The molecule has 1 aromatic heterocycles. The van der Waals surface area contributed by atoms with Crippen LogP contribution in [0.1, 0.15) is 5.69 Å². The zero-order valence-electron chi connectivity index (χ0n) is 11.0. The van der Waals surface area contributed by atoms with E-state index in [0.29, 0.717) is 32.8 Å². The van der Waals surface area contributed by atoms with Crippen molar-refractivity contribution in [3.8, 4) is 0 Å². The maximum atomic E-state index is 11.8. The van der Waals surface area contributed by atoms with Crippen LogP contribution in [-0.2, 0) is 27.8 Å². The Morgan fingerprint density at radius 1 is 1.58 bits per heavy atom. The van der Waals surface area contributed by atoms with Gasteiger partial charge in [0.05, 0.1) is 31.7 Å². The first-order valence-corrected chi connectivity index (χ1v) is 8.00. The molecule has 0 bridgehead atoms. The Labute approximate surface area is 113 Å². The van der Waals surface area contributed by atoms with Crippen LogP contribution in [0.4, 0.5) is 0 Å². The highest BCUT2D eigenvalue weighted by atomic mass is 32.2. The van der Waals surface area contributed by atoms with E-state index in [1.807, 2.05) is 10.7 Å². The SMILES string of the molecule is C=CCOCC1CN(S(C)(=O)=O)Cc2ccnn2C1. The van der Waals surface area contributed by atoms with Crippen molar-refractivity contribution in [1.29, 1.82) is 0 Å². The lowest BCUT2D eigenvalue weighted by Gasteiger charge is -2.21. The number of fused-ring (bicyclic) bond motifs is 1. The van der Waals surface area contributed by atoms with Gasteiger partial charge >= 0.3 is 0 Å². The zero-order chi connectivity index (χ0) is 13.9. The number of sulfonamides is 1. The third-order valence-corrected chi connectivity index (χ3v) is 4.31. The van der Waals surface area contributed by atoms with Crippen molar-refractivity contribution in [3.05, 3.63) is 30.6 Å². The van der Waals surface area contributed by atoms with Crippen LogP contribution in [0.15, 0.2) is 24.9 Å². The summed E-state index contributed by atoms with van der Waals surface area (Å²) in [5, 5.41) is 4.23. The standard InChI is InChI=1S/C12H19N3O3S/c1-3-6-18-10-11-7-14(19(2,16)17)9-12-4-5-13-15(12)8-11/h3-5,11H,1,6-10H2,2H3. The van der Waals surface area contributed by atoms with E-state index >= 15 is 0 Å². The fourth-order valence-electron chi connectivity index (χ4n) is 2.17. The second-order valence-corrected chi connectivity index (χ2v) is 6.73. The van der Waals surface area contributed by atoms with Crippen molar-refractivity contribution in [3.63, 3.8) is 0 Å². The highest BCUT2D eigenvalue weighted by Gasteiger charge is 2.27. The van der Waals surface area contributed by atoms with Crippen LogP contribution in [0.2, 0.25) is 0 Å². The second-order valence-electron chi connectivity index (χ2n) is 4.75. The van der Waals surface area contributed by atoms with Gasteiger partial charge in [-0.1, -0.05) is 6.08 Å². The predicted molar refractivity (Wildman–Crippen MR) is 72.0 cm³/mol.